The highest BCUT2D eigenvalue weighted by atomic mass is 35.5. The van der Waals surface area contributed by atoms with Crippen LogP contribution in [0.4, 0.5) is 4.39 Å². The smallest absolute Gasteiger partial charge is 0.324 e. The van der Waals surface area contributed by atoms with Crippen LogP contribution in [0.25, 0.3) is 0 Å². The van der Waals surface area contributed by atoms with Crippen molar-refractivity contribution >= 4 is 27.6 Å². The molecule has 0 aliphatic heterocycles. The van der Waals surface area contributed by atoms with E-state index >= 15 is 0 Å². The minimum atomic E-state index is -4.00. The second kappa shape index (κ2) is 6.51. The Morgan fingerprint density at radius 2 is 2.00 bits per heavy atom. The van der Waals surface area contributed by atoms with Crippen molar-refractivity contribution in [1.29, 1.82) is 0 Å². The zero-order valence-corrected chi connectivity index (χ0v) is 12.8. The summed E-state index contributed by atoms with van der Waals surface area (Å²) < 4.78 is 44.1. The molecule has 0 fully saturated rings. The van der Waals surface area contributed by atoms with Gasteiger partial charge in [0, 0.05) is 0 Å². The van der Waals surface area contributed by atoms with Crippen molar-refractivity contribution in [3.05, 3.63) is 29.0 Å². The van der Waals surface area contributed by atoms with Gasteiger partial charge in [0.15, 0.2) is 0 Å². The number of methoxy groups -OCH3 is 1. The Hall–Kier alpha value is -1.18. The van der Waals surface area contributed by atoms with Gasteiger partial charge in [-0.05, 0) is 24.1 Å². The second-order valence-electron chi connectivity index (χ2n) is 4.44. The summed E-state index contributed by atoms with van der Waals surface area (Å²) in [6.45, 7) is 3.34. The highest BCUT2D eigenvalue weighted by Crippen LogP contribution is 2.20. The van der Waals surface area contributed by atoms with E-state index in [4.69, 9.17) is 11.6 Å². The molecular formula is C12H15ClFNO4S. The quantitative estimate of drug-likeness (QED) is 0.841. The van der Waals surface area contributed by atoms with E-state index in [1.54, 1.807) is 13.8 Å². The Balaban J connectivity index is 3.09. The van der Waals surface area contributed by atoms with E-state index in [0.717, 1.165) is 18.2 Å². The summed E-state index contributed by atoms with van der Waals surface area (Å²) in [5, 5.41) is -0.313. The second-order valence-corrected chi connectivity index (χ2v) is 6.56. The van der Waals surface area contributed by atoms with Crippen LogP contribution < -0.4 is 4.72 Å². The van der Waals surface area contributed by atoms with Crippen LogP contribution in [0.1, 0.15) is 13.8 Å². The summed E-state index contributed by atoms with van der Waals surface area (Å²) in [7, 11) is -2.83. The van der Waals surface area contributed by atoms with Gasteiger partial charge in [0.1, 0.15) is 11.9 Å². The zero-order valence-electron chi connectivity index (χ0n) is 11.2. The lowest BCUT2D eigenvalue weighted by Gasteiger charge is -2.19. The normalized spacial score (nSPS) is 13.3. The molecule has 1 aromatic rings. The number of benzene rings is 1. The largest absolute Gasteiger partial charge is 0.468 e. The Morgan fingerprint density at radius 1 is 1.40 bits per heavy atom. The van der Waals surface area contributed by atoms with Crippen molar-refractivity contribution in [2.75, 3.05) is 7.11 Å². The van der Waals surface area contributed by atoms with Gasteiger partial charge in [-0.15, -0.1) is 0 Å². The van der Waals surface area contributed by atoms with E-state index < -0.39 is 27.9 Å². The maximum absolute atomic E-state index is 13.0. The topological polar surface area (TPSA) is 72.5 Å². The first-order valence-electron chi connectivity index (χ1n) is 5.74. The number of carbonyl (C=O) groups is 1. The average molecular weight is 324 g/mol. The van der Waals surface area contributed by atoms with Crippen molar-refractivity contribution in [3.63, 3.8) is 0 Å². The highest BCUT2D eigenvalue weighted by Gasteiger charge is 2.29. The molecule has 8 heteroatoms. The van der Waals surface area contributed by atoms with Crippen molar-refractivity contribution < 1.29 is 22.3 Å². The van der Waals surface area contributed by atoms with Crippen molar-refractivity contribution in [2.24, 2.45) is 5.92 Å². The molecule has 0 bridgehead atoms. The van der Waals surface area contributed by atoms with E-state index in [0.29, 0.717) is 0 Å². The molecule has 0 saturated carbocycles. The third-order valence-corrected chi connectivity index (χ3v) is 4.33. The maximum Gasteiger partial charge on any atom is 0.324 e. The fourth-order valence-corrected chi connectivity index (χ4v) is 3.07. The SMILES string of the molecule is COC(=O)C(NS(=O)(=O)c1ccc(F)c(Cl)c1)C(C)C. The molecule has 1 unspecified atom stereocenters. The number of ether oxygens (including phenoxy) is 1. The molecule has 112 valence electrons. The number of hydrogen-bond acceptors (Lipinski definition) is 4. The summed E-state index contributed by atoms with van der Waals surface area (Å²) in [6.07, 6.45) is 0. The zero-order chi connectivity index (χ0) is 15.5. The van der Waals surface area contributed by atoms with E-state index in [-0.39, 0.29) is 15.8 Å². The van der Waals surface area contributed by atoms with Crippen LogP contribution in [-0.2, 0) is 19.6 Å². The maximum atomic E-state index is 13.0. The molecule has 0 saturated heterocycles. The van der Waals surface area contributed by atoms with Crippen LogP contribution in [0.5, 0.6) is 0 Å². The fraction of sp³-hybridized carbons (Fsp3) is 0.417. The molecule has 0 radical (unpaired) electrons. The molecular weight excluding hydrogens is 309 g/mol. The predicted octanol–water partition coefficient (Wildman–Crippen LogP) is 1.95. The standard InChI is InChI=1S/C12H15ClFNO4S/c1-7(2)11(12(16)19-3)15-20(17,18)8-4-5-10(14)9(13)6-8/h4-7,11,15H,1-3H3. The molecule has 1 aromatic carbocycles. The van der Waals surface area contributed by atoms with Crippen molar-refractivity contribution in [1.82, 2.24) is 4.72 Å². The van der Waals surface area contributed by atoms with Gasteiger partial charge < -0.3 is 4.74 Å². The molecule has 0 amide bonds. The summed E-state index contributed by atoms with van der Waals surface area (Å²) in [5.41, 5.74) is 0. The number of rotatable bonds is 5. The molecule has 0 heterocycles. The minimum absolute atomic E-state index is 0.224. The van der Waals surface area contributed by atoms with Crippen LogP contribution in [-0.4, -0.2) is 27.5 Å². The third-order valence-electron chi connectivity index (χ3n) is 2.61. The number of halogens is 2. The average Bonchev–Trinajstić information content (AvgIpc) is 2.38. The molecule has 1 atom stereocenters. The van der Waals surface area contributed by atoms with Gasteiger partial charge in [0.05, 0.1) is 17.0 Å². The molecule has 1 rings (SSSR count). The van der Waals surface area contributed by atoms with E-state index in [9.17, 15) is 17.6 Å². The lowest BCUT2D eigenvalue weighted by molar-refractivity contribution is -0.143. The number of sulfonamides is 1. The Labute approximate surface area is 122 Å². The van der Waals surface area contributed by atoms with Crippen LogP contribution in [0.3, 0.4) is 0 Å². The minimum Gasteiger partial charge on any atom is -0.468 e. The van der Waals surface area contributed by atoms with Crippen LogP contribution in [0.15, 0.2) is 23.1 Å². The highest BCUT2D eigenvalue weighted by molar-refractivity contribution is 7.89. The number of esters is 1. The molecule has 0 aromatic heterocycles. The molecule has 5 nitrogen and oxygen atoms in total. The number of nitrogens with one attached hydrogen (secondary N) is 1. The van der Waals surface area contributed by atoms with Crippen LogP contribution in [0.2, 0.25) is 5.02 Å². The lowest BCUT2D eigenvalue weighted by atomic mass is 10.1. The van der Waals surface area contributed by atoms with Gasteiger partial charge in [0.25, 0.3) is 0 Å². The Bertz CT molecular complexity index is 603. The first kappa shape index (κ1) is 16.9. The van der Waals surface area contributed by atoms with E-state index in [2.05, 4.69) is 9.46 Å². The molecule has 1 N–H and O–H groups in total. The predicted molar refractivity (Wildman–Crippen MR) is 72.4 cm³/mol. The van der Waals surface area contributed by atoms with E-state index in [1.807, 2.05) is 0 Å². The Morgan fingerprint density at radius 3 is 2.45 bits per heavy atom. The summed E-state index contributed by atoms with van der Waals surface area (Å²) in [4.78, 5) is 11.3. The van der Waals surface area contributed by atoms with Gasteiger partial charge in [-0.25, -0.2) is 12.8 Å². The van der Waals surface area contributed by atoms with Crippen molar-refractivity contribution in [3.8, 4) is 0 Å². The van der Waals surface area contributed by atoms with Gasteiger partial charge >= 0.3 is 5.97 Å². The monoisotopic (exact) mass is 323 g/mol. The third kappa shape index (κ3) is 3.91. The first-order chi connectivity index (χ1) is 9.19. The van der Waals surface area contributed by atoms with Gasteiger partial charge in [-0.2, -0.15) is 4.72 Å². The summed E-state index contributed by atoms with van der Waals surface area (Å²) >= 11 is 5.55. The van der Waals surface area contributed by atoms with Crippen LogP contribution in [0, 0.1) is 11.7 Å². The molecule has 0 aliphatic carbocycles. The van der Waals surface area contributed by atoms with Crippen LogP contribution >= 0.6 is 11.6 Å². The first-order valence-corrected chi connectivity index (χ1v) is 7.60. The summed E-state index contributed by atoms with van der Waals surface area (Å²) in [5.74, 6) is -1.73. The number of carbonyl (C=O) groups excluding carboxylic acids is 1. The van der Waals surface area contributed by atoms with E-state index in [1.165, 1.54) is 7.11 Å². The summed E-state index contributed by atoms with van der Waals surface area (Å²) in [6, 6.07) is 1.96. The van der Waals surface area contributed by atoms with Crippen molar-refractivity contribution in [2.45, 2.75) is 24.8 Å². The van der Waals surface area contributed by atoms with Gasteiger partial charge in [0.2, 0.25) is 10.0 Å². The lowest BCUT2D eigenvalue weighted by Crippen LogP contribution is -2.44. The van der Waals surface area contributed by atoms with Gasteiger partial charge in [-0.1, -0.05) is 25.4 Å². The molecule has 0 spiro atoms. The molecule has 20 heavy (non-hydrogen) atoms. The fourth-order valence-electron chi connectivity index (χ4n) is 1.46. The van der Waals surface area contributed by atoms with Gasteiger partial charge in [-0.3, -0.25) is 4.79 Å². The Kier molecular flexibility index (Phi) is 5.50. The number of hydrogen-bond donors (Lipinski definition) is 1. The molecule has 0 aliphatic rings.